The van der Waals surface area contributed by atoms with E-state index in [1.54, 1.807) is 0 Å². The van der Waals surface area contributed by atoms with Crippen molar-refractivity contribution in [3.05, 3.63) is 47.5 Å². The van der Waals surface area contributed by atoms with Crippen LogP contribution < -0.4 is 4.72 Å². The van der Waals surface area contributed by atoms with Crippen LogP contribution in [0.3, 0.4) is 0 Å². The van der Waals surface area contributed by atoms with Gasteiger partial charge in [-0.3, -0.25) is 4.79 Å². The minimum Gasteiger partial charge on any atom is -0.331 e. The lowest BCUT2D eigenvalue weighted by Crippen LogP contribution is -2.53. The van der Waals surface area contributed by atoms with Crippen molar-refractivity contribution in [2.45, 2.75) is 62.3 Å². The number of nitrogens with zero attached hydrogens (tertiary/aromatic N) is 1. The van der Waals surface area contributed by atoms with Crippen molar-refractivity contribution in [2.24, 2.45) is 11.8 Å². The maximum atomic E-state index is 13.5. The zero-order valence-electron chi connectivity index (χ0n) is 16.2. The van der Waals surface area contributed by atoms with Crippen LogP contribution in [0.5, 0.6) is 0 Å². The number of likely N-dealkylation sites (tertiary alicyclic amines) is 1. The van der Waals surface area contributed by atoms with Crippen molar-refractivity contribution in [3.63, 3.8) is 0 Å². The van der Waals surface area contributed by atoms with E-state index in [0.29, 0.717) is 22.7 Å². The molecule has 0 bridgehead atoms. The Morgan fingerprint density at radius 1 is 1.18 bits per heavy atom. The van der Waals surface area contributed by atoms with Gasteiger partial charge in [-0.25, -0.2) is 8.93 Å². The first kappa shape index (κ1) is 20.1. The second-order valence-electron chi connectivity index (χ2n) is 8.36. The maximum Gasteiger partial charge on any atom is 0.226 e. The van der Waals surface area contributed by atoms with Crippen molar-refractivity contribution in [1.82, 2.24) is 9.62 Å². The van der Waals surface area contributed by atoms with Gasteiger partial charge in [0.1, 0.15) is 0 Å². The summed E-state index contributed by atoms with van der Waals surface area (Å²) in [5.74, 6) is 0.739. The van der Waals surface area contributed by atoms with Gasteiger partial charge in [0.15, 0.2) is 0 Å². The van der Waals surface area contributed by atoms with Gasteiger partial charge in [-0.1, -0.05) is 29.8 Å². The molecule has 1 aliphatic heterocycles. The molecule has 0 radical (unpaired) electrons. The first-order valence-corrected chi connectivity index (χ1v) is 12.0. The Morgan fingerprint density at radius 3 is 2.50 bits per heavy atom. The third kappa shape index (κ3) is 4.52. The van der Waals surface area contributed by atoms with E-state index in [9.17, 15) is 9.00 Å². The van der Waals surface area contributed by atoms with Gasteiger partial charge in [0.25, 0.3) is 0 Å². The first-order chi connectivity index (χ1) is 13.6. The molecule has 2 saturated carbocycles. The van der Waals surface area contributed by atoms with E-state index >= 15 is 0 Å². The van der Waals surface area contributed by atoms with Crippen LogP contribution in [0.25, 0.3) is 0 Å². The highest BCUT2D eigenvalue weighted by atomic mass is 35.5. The van der Waals surface area contributed by atoms with Crippen LogP contribution in [0.4, 0.5) is 0 Å². The number of halogens is 1. The van der Waals surface area contributed by atoms with Gasteiger partial charge in [-0.15, -0.1) is 6.58 Å². The number of allylic oxidation sites excluding steroid dienone is 1. The summed E-state index contributed by atoms with van der Waals surface area (Å²) in [6.07, 6.45) is 8.79. The van der Waals surface area contributed by atoms with Crippen LogP contribution in [0.2, 0.25) is 5.02 Å². The Hall–Kier alpha value is -1.17. The molecular weight excluding hydrogens is 392 g/mol. The summed E-state index contributed by atoms with van der Waals surface area (Å²) in [5.41, 5.74) is 1.14. The van der Waals surface area contributed by atoms with Gasteiger partial charge in [-0.2, -0.15) is 0 Å². The number of piperidine rings is 1. The molecular formula is C22H29ClN2O2S. The smallest absolute Gasteiger partial charge is 0.226 e. The van der Waals surface area contributed by atoms with Crippen LogP contribution in [0, 0.1) is 11.8 Å². The second-order valence-corrected chi connectivity index (χ2v) is 10.3. The van der Waals surface area contributed by atoms with Gasteiger partial charge in [0.05, 0.1) is 17.0 Å². The fourth-order valence-corrected chi connectivity index (χ4v) is 5.61. The van der Waals surface area contributed by atoms with E-state index in [0.717, 1.165) is 50.5 Å². The van der Waals surface area contributed by atoms with E-state index in [4.69, 9.17) is 11.6 Å². The quantitative estimate of drug-likeness (QED) is 0.602. The van der Waals surface area contributed by atoms with Crippen LogP contribution in [0.1, 0.15) is 56.6 Å². The summed E-state index contributed by atoms with van der Waals surface area (Å²) >= 11 is 6.09. The first-order valence-electron chi connectivity index (χ1n) is 10.4. The van der Waals surface area contributed by atoms with E-state index < -0.39 is 11.0 Å². The highest BCUT2D eigenvalue weighted by Gasteiger charge is 2.45. The van der Waals surface area contributed by atoms with Gasteiger partial charge in [-0.05, 0) is 68.6 Å². The zero-order chi connectivity index (χ0) is 19.7. The highest BCUT2D eigenvalue weighted by Crippen LogP contribution is 2.43. The number of carbonyl (C=O) groups excluding carboxylic acids is 1. The van der Waals surface area contributed by atoms with Crippen molar-refractivity contribution in [1.29, 1.82) is 0 Å². The fraction of sp³-hybridized carbons (Fsp3) is 0.591. The molecule has 28 heavy (non-hydrogen) atoms. The van der Waals surface area contributed by atoms with Crippen LogP contribution in [-0.4, -0.2) is 32.9 Å². The van der Waals surface area contributed by atoms with Crippen LogP contribution >= 0.6 is 11.6 Å². The van der Waals surface area contributed by atoms with Gasteiger partial charge in [0.2, 0.25) is 5.91 Å². The molecule has 6 heteroatoms. The van der Waals surface area contributed by atoms with Gasteiger partial charge in [0, 0.05) is 28.8 Å². The number of amides is 1. The van der Waals surface area contributed by atoms with Crippen LogP contribution in [0.15, 0.2) is 36.9 Å². The second kappa shape index (κ2) is 8.68. The molecule has 4 atom stereocenters. The maximum absolute atomic E-state index is 13.5. The summed E-state index contributed by atoms with van der Waals surface area (Å²) in [6, 6.07) is 8.06. The lowest BCUT2D eigenvalue weighted by atomic mass is 9.85. The Kier molecular flexibility index (Phi) is 6.24. The van der Waals surface area contributed by atoms with E-state index in [-0.39, 0.29) is 23.9 Å². The monoisotopic (exact) mass is 420 g/mol. The highest BCUT2D eigenvalue weighted by molar-refractivity contribution is 7.84. The standard InChI is InChI=1S/C22H29ClN2O2S/c1-2-3-17-8-13-20(15-6-9-18(23)10-7-15)25(22(17)26)21(16-4-5-16)14-24-28(27)19-11-12-19/h2,6-7,9-10,16-17,19-21,24H,1,3-5,8,11-14H2/t17-,20-,21?,28?/m0/s1. The molecule has 1 heterocycles. The third-order valence-corrected chi connectivity index (χ3v) is 8.00. The SMILES string of the molecule is C=CC[C@H]1CC[C@@H](c2ccc(Cl)cc2)N(C(CNS(=O)C2CC2)C2CC2)C1=O. The Labute approximate surface area is 175 Å². The molecule has 152 valence electrons. The lowest BCUT2D eigenvalue weighted by molar-refractivity contribution is -0.145. The molecule has 0 aromatic heterocycles. The predicted molar refractivity (Wildman–Crippen MR) is 114 cm³/mol. The van der Waals surface area contributed by atoms with Crippen LogP contribution in [-0.2, 0) is 15.8 Å². The molecule has 1 amide bonds. The molecule has 2 aliphatic carbocycles. The largest absolute Gasteiger partial charge is 0.331 e. The molecule has 0 spiro atoms. The normalized spacial score (nSPS) is 27.5. The Balaban J connectivity index is 1.58. The number of carbonyl (C=O) groups is 1. The molecule has 3 fully saturated rings. The van der Waals surface area contributed by atoms with Crippen molar-refractivity contribution in [2.75, 3.05) is 6.54 Å². The van der Waals surface area contributed by atoms with Gasteiger partial charge >= 0.3 is 0 Å². The number of rotatable bonds is 9. The zero-order valence-corrected chi connectivity index (χ0v) is 17.8. The molecule has 2 unspecified atom stereocenters. The lowest BCUT2D eigenvalue weighted by Gasteiger charge is -2.44. The predicted octanol–water partition coefficient (Wildman–Crippen LogP) is 4.39. The number of hydrogen-bond acceptors (Lipinski definition) is 2. The summed E-state index contributed by atoms with van der Waals surface area (Å²) in [4.78, 5) is 15.6. The van der Waals surface area contributed by atoms with Gasteiger partial charge < -0.3 is 4.90 Å². The number of nitrogens with one attached hydrogen (secondary N) is 1. The molecule has 1 aromatic rings. The average Bonchev–Trinajstić information content (AvgIpc) is 3.57. The van der Waals surface area contributed by atoms with E-state index in [2.05, 4.69) is 16.2 Å². The fourth-order valence-electron chi connectivity index (χ4n) is 4.35. The molecule has 1 saturated heterocycles. The number of hydrogen-bond donors (Lipinski definition) is 1. The van der Waals surface area contributed by atoms with Crippen molar-refractivity contribution >= 4 is 28.5 Å². The summed E-state index contributed by atoms with van der Waals surface area (Å²) < 4.78 is 15.6. The average molecular weight is 421 g/mol. The molecule has 4 rings (SSSR count). The van der Waals surface area contributed by atoms with E-state index in [1.165, 1.54) is 0 Å². The third-order valence-electron chi connectivity index (χ3n) is 6.22. The number of benzene rings is 1. The molecule has 1 N–H and O–H groups in total. The molecule has 3 aliphatic rings. The Bertz CT molecular complexity index is 745. The molecule has 4 nitrogen and oxygen atoms in total. The van der Waals surface area contributed by atoms with Crippen molar-refractivity contribution in [3.8, 4) is 0 Å². The summed E-state index contributed by atoms with van der Waals surface area (Å²) in [7, 11) is -0.978. The topological polar surface area (TPSA) is 49.4 Å². The minimum absolute atomic E-state index is 0.0104. The van der Waals surface area contributed by atoms with Crippen molar-refractivity contribution < 1.29 is 9.00 Å². The summed E-state index contributed by atoms with van der Waals surface area (Å²) in [6.45, 7) is 4.46. The molecule has 1 aromatic carbocycles. The Morgan fingerprint density at radius 2 is 1.89 bits per heavy atom. The minimum atomic E-state index is -0.978. The van der Waals surface area contributed by atoms with E-state index in [1.807, 2.05) is 30.3 Å². The summed E-state index contributed by atoms with van der Waals surface area (Å²) in [5, 5.41) is 1.01.